The van der Waals surface area contributed by atoms with Gasteiger partial charge in [-0.3, -0.25) is 4.89 Å². The molecule has 1 aromatic rings. The molecule has 2 rings (SSSR count). The summed E-state index contributed by atoms with van der Waals surface area (Å²) in [5, 5.41) is 8.90. The lowest BCUT2D eigenvalue weighted by Crippen LogP contribution is -2.47. The molecule has 0 aliphatic heterocycles. The molecule has 1 fully saturated rings. The molecule has 4 heteroatoms. The Morgan fingerprint density at radius 3 is 2.62 bits per heavy atom. The second-order valence-electron chi connectivity index (χ2n) is 5.61. The van der Waals surface area contributed by atoms with Gasteiger partial charge in [-0.15, -0.1) is 0 Å². The normalized spacial score (nSPS) is 24.0. The molecule has 0 spiro atoms. The third kappa shape index (κ3) is 3.25. The molecule has 1 aromatic carbocycles. The van der Waals surface area contributed by atoms with Crippen LogP contribution in [0.1, 0.15) is 57.1 Å². The van der Waals surface area contributed by atoms with Crippen molar-refractivity contribution < 1.29 is 14.6 Å². The molecule has 1 aliphatic rings. The van der Waals surface area contributed by atoms with Crippen molar-refractivity contribution in [3.8, 4) is 6.07 Å². The molecule has 2 unspecified atom stereocenters. The van der Waals surface area contributed by atoms with Crippen LogP contribution < -0.4 is 0 Å². The van der Waals surface area contributed by atoms with Crippen molar-refractivity contribution in [2.75, 3.05) is 0 Å². The molecular weight excluding hydrogens is 266 g/mol. The van der Waals surface area contributed by atoms with E-state index in [1.807, 2.05) is 12.1 Å². The number of unbranched alkanes of at least 4 members (excludes halogenated alkanes) is 1. The maximum Gasteiger partial charge on any atom is 0.339 e. The lowest BCUT2D eigenvalue weighted by molar-refractivity contribution is -0.372. The molecule has 2 atom stereocenters. The summed E-state index contributed by atoms with van der Waals surface area (Å²) >= 11 is 0. The van der Waals surface area contributed by atoms with E-state index in [1.54, 1.807) is 12.1 Å². The average molecular weight is 287 g/mol. The Kier molecular flexibility index (Phi) is 4.98. The Bertz CT molecular complexity index is 532. The van der Waals surface area contributed by atoms with E-state index in [4.69, 9.17) is 15.0 Å². The first-order valence-electron chi connectivity index (χ1n) is 7.49. The van der Waals surface area contributed by atoms with Gasteiger partial charge in [0.05, 0.1) is 11.6 Å². The number of carbonyl (C=O) groups is 1. The second-order valence-corrected chi connectivity index (χ2v) is 5.61. The van der Waals surface area contributed by atoms with Gasteiger partial charge in [-0.2, -0.15) is 10.1 Å². The van der Waals surface area contributed by atoms with Crippen LogP contribution in [0.2, 0.25) is 0 Å². The largest absolute Gasteiger partial charge is 0.339 e. The monoisotopic (exact) mass is 287 g/mol. The molecule has 4 nitrogen and oxygen atoms in total. The van der Waals surface area contributed by atoms with E-state index in [1.165, 1.54) is 6.92 Å². The highest BCUT2D eigenvalue weighted by Crippen LogP contribution is 2.52. The molecule has 1 saturated carbocycles. The maximum absolute atomic E-state index is 11.1. The molecule has 0 radical (unpaired) electrons. The van der Waals surface area contributed by atoms with Crippen molar-refractivity contribution in [3.05, 3.63) is 35.4 Å². The first kappa shape index (κ1) is 15.5. The Balaban J connectivity index is 2.22. The van der Waals surface area contributed by atoms with Gasteiger partial charge in [0.2, 0.25) is 0 Å². The van der Waals surface area contributed by atoms with E-state index in [-0.39, 0.29) is 0 Å². The van der Waals surface area contributed by atoms with E-state index < -0.39 is 11.6 Å². The highest BCUT2D eigenvalue weighted by Gasteiger charge is 2.51. The Morgan fingerprint density at radius 2 is 2.14 bits per heavy atom. The number of nitriles is 1. The van der Waals surface area contributed by atoms with Crippen molar-refractivity contribution in [3.63, 3.8) is 0 Å². The number of carbonyl (C=O) groups excluding carboxylic acids is 1. The molecular formula is C17H21NO3. The summed E-state index contributed by atoms with van der Waals surface area (Å²) in [6, 6.07) is 9.48. The zero-order valence-electron chi connectivity index (χ0n) is 12.6. The predicted molar refractivity (Wildman–Crippen MR) is 77.9 cm³/mol. The van der Waals surface area contributed by atoms with Crippen LogP contribution in [0, 0.1) is 17.2 Å². The van der Waals surface area contributed by atoms with E-state index in [9.17, 15) is 4.79 Å². The third-order valence-electron chi connectivity index (χ3n) is 4.24. The number of hydrogen-bond donors (Lipinski definition) is 0. The highest BCUT2D eigenvalue weighted by atomic mass is 17.2. The lowest BCUT2D eigenvalue weighted by atomic mass is 9.64. The third-order valence-corrected chi connectivity index (χ3v) is 4.24. The minimum absolute atomic E-state index is 0.352. The standard InChI is InChI=1S/C17H21NO3/c1-3-4-5-15-10-11-17(15,21-20-13(2)19)16-8-6-14(12-18)7-9-16/h6-9,15H,3-5,10-11H2,1-2H3. The van der Waals surface area contributed by atoms with Crippen LogP contribution >= 0.6 is 0 Å². The van der Waals surface area contributed by atoms with E-state index in [0.29, 0.717) is 11.5 Å². The van der Waals surface area contributed by atoms with Gasteiger partial charge in [-0.1, -0.05) is 31.9 Å². The Hall–Kier alpha value is -1.86. The fraction of sp³-hybridized carbons (Fsp3) is 0.529. The lowest BCUT2D eigenvalue weighted by Gasteiger charge is -2.47. The smallest absolute Gasteiger partial charge is 0.298 e. The van der Waals surface area contributed by atoms with Gasteiger partial charge in [-0.25, -0.2) is 4.79 Å². The fourth-order valence-corrected chi connectivity index (χ4v) is 2.94. The molecule has 112 valence electrons. The van der Waals surface area contributed by atoms with Crippen LogP contribution in [0.25, 0.3) is 0 Å². The molecule has 0 amide bonds. The molecule has 0 N–H and O–H groups in total. The van der Waals surface area contributed by atoms with Crippen LogP contribution in [0.5, 0.6) is 0 Å². The molecule has 0 bridgehead atoms. The zero-order chi connectivity index (χ0) is 15.3. The van der Waals surface area contributed by atoms with Gasteiger partial charge in [0.15, 0.2) is 0 Å². The molecule has 0 aromatic heterocycles. The van der Waals surface area contributed by atoms with Gasteiger partial charge < -0.3 is 0 Å². The molecule has 21 heavy (non-hydrogen) atoms. The van der Waals surface area contributed by atoms with E-state index in [0.717, 1.165) is 37.7 Å². The zero-order valence-corrected chi connectivity index (χ0v) is 12.6. The fourth-order valence-electron chi connectivity index (χ4n) is 2.94. The molecule has 0 heterocycles. The van der Waals surface area contributed by atoms with Crippen molar-refractivity contribution in [1.29, 1.82) is 5.26 Å². The van der Waals surface area contributed by atoms with Crippen molar-refractivity contribution in [1.82, 2.24) is 0 Å². The van der Waals surface area contributed by atoms with Crippen molar-refractivity contribution >= 4 is 5.97 Å². The summed E-state index contributed by atoms with van der Waals surface area (Å²) in [5.74, 6) is -0.0890. The van der Waals surface area contributed by atoms with E-state index in [2.05, 4.69) is 13.0 Å². The summed E-state index contributed by atoms with van der Waals surface area (Å²) < 4.78 is 0. The topological polar surface area (TPSA) is 59.3 Å². The number of hydrogen-bond acceptors (Lipinski definition) is 4. The van der Waals surface area contributed by atoms with Gasteiger partial charge in [0.25, 0.3) is 0 Å². The van der Waals surface area contributed by atoms with Crippen molar-refractivity contribution in [2.24, 2.45) is 5.92 Å². The highest BCUT2D eigenvalue weighted by molar-refractivity contribution is 5.65. The average Bonchev–Trinajstić information content (AvgIpc) is 2.47. The van der Waals surface area contributed by atoms with Gasteiger partial charge in [0.1, 0.15) is 5.60 Å². The van der Waals surface area contributed by atoms with Gasteiger partial charge >= 0.3 is 5.97 Å². The summed E-state index contributed by atoms with van der Waals surface area (Å²) in [6.45, 7) is 3.50. The van der Waals surface area contributed by atoms with Crippen LogP contribution in [-0.2, 0) is 20.2 Å². The van der Waals surface area contributed by atoms with Crippen LogP contribution in [0.4, 0.5) is 0 Å². The number of rotatable bonds is 6. The number of nitrogens with zero attached hydrogens (tertiary/aromatic N) is 1. The van der Waals surface area contributed by atoms with Crippen LogP contribution in [0.3, 0.4) is 0 Å². The minimum Gasteiger partial charge on any atom is -0.298 e. The Morgan fingerprint density at radius 1 is 1.43 bits per heavy atom. The van der Waals surface area contributed by atoms with Crippen molar-refractivity contribution in [2.45, 2.75) is 51.6 Å². The minimum atomic E-state index is -0.547. The first-order chi connectivity index (χ1) is 10.1. The summed E-state index contributed by atoms with van der Waals surface area (Å²) in [6.07, 6.45) is 5.22. The summed E-state index contributed by atoms with van der Waals surface area (Å²) in [5.41, 5.74) is 1.05. The van der Waals surface area contributed by atoms with Gasteiger partial charge in [-0.05, 0) is 42.9 Å². The quantitative estimate of drug-likeness (QED) is 0.589. The first-order valence-corrected chi connectivity index (χ1v) is 7.49. The second kappa shape index (κ2) is 6.73. The van der Waals surface area contributed by atoms with Crippen LogP contribution in [0.15, 0.2) is 24.3 Å². The number of benzene rings is 1. The maximum atomic E-state index is 11.1. The van der Waals surface area contributed by atoms with Gasteiger partial charge in [0, 0.05) is 6.92 Å². The predicted octanol–water partition coefficient (Wildman–Crippen LogP) is 3.85. The Labute approximate surface area is 125 Å². The van der Waals surface area contributed by atoms with E-state index >= 15 is 0 Å². The molecule has 0 saturated heterocycles. The summed E-state index contributed by atoms with van der Waals surface area (Å²) in [4.78, 5) is 21.5. The molecule has 1 aliphatic carbocycles. The SMILES string of the molecule is CCCCC1CCC1(OOC(C)=O)c1ccc(C#N)cc1. The summed E-state index contributed by atoms with van der Waals surface area (Å²) in [7, 11) is 0. The van der Waals surface area contributed by atoms with Crippen LogP contribution in [-0.4, -0.2) is 5.97 Å².